The van der Waals surface area contributed by atoms with Gasteiger partial charge in [0.25, 0.3) is 5.91 Å². The first-order valence-electron chi connectivity index (χ1n) is 9.70. The van der Waals surface area contributed by atoms with Gasteiger partial charge in [-0.15, -0.1) is 11.3 Å². The lowest BCUT2D eigenvalue weighted by Crippen LogP contribution is -2.22. The van der Waals surface area contributed by atoms with Crippen LogP contribution < -0.4 is 5.32 Å². The highest BCUT2D eigenvalue weighted by Gasteiger charge is 2.19. The molecule has 0 saturated heterocycles. The predicted molar refractivity (Wildman–Crippen MR) is 121 cm³/mol. The SMILES string of the molecule is CCCCc1ccc(-c2csc(NC(=O)c3cccc(S(=O)(=O)N(C)C)c3)n2)cc1. The number of thiazole rings is 1. The Morgan fingerprint density at radius 1 is 1.13 bits per heavy atom. The summed E-state index contributed by atoms with van der Waals surface area (Å²) in [5, 5.41) is 5.11. The van der Waals surface area contributed by atoms with Crippen LogP contribution in [0.25, 0.3) is 11.3 Å². The number of hydrogen-bond acceptors (Lipinski definition) is 5. The molecule has 1 N–H and O–H groups in total. The van der Waals surface area contributed by atoms with Crippen molar-refractivity contribution in [2.24, 2.45) is 0 Å². The van der Waals surface area contributed by atoms with E-state index in [-0.39, 0.29) is 10.5 Å². The van der Waals surface area contributed by atoms with Crippen LogP contribution in [0.5, 0.6) is 0 Å². The van der Waals surface area contributed by atoms with Crippen LogP contribution in [0.3, 0.4) is 0 Å². The number of aromatic nitrogens is 1. The van der Waals surface area contributed by atoms with Gasteiger partial charge in [-0.25, -0.2) is 17.7 Å². The normalized spacial score (nSPS) is 11.6. The molecule has 3 rings (SSSR count). The fourth-order valence-corrected chi connectivity index (χ4v) is 4.53. The third-order valence-corrected chi connectivity index (χ3v) is 7.24. The smallest absolute Gasteiger partial charge is 0.257 e. The monoisotopic (exact) mass is 443 g/mol. The highest BCUT2D eigenvalue weighted by Crippen LogP contribution is 2.26. The van der Waals surface area contributed by atoms with Crippen molar-refractivity contribution in [2.75, 3.05) is 19.4 Å². The Kier molecular flexibility index (Phi) is 7.02. The Labute approximate surface area is 181 Å². The van der Waals surface area contributed by atoms with Crippen LogP contribution in [0.2, 0.25) is 0 Å². The Balaban J connectivity index is 1.72. The summed E-state index contributed by atoms with van der Waals surface area (Å²) in [5.74, 6) is -0.401. The van der Waals surface area contributed by atoms with E-state index in [1.807, 2.05) is 17.5 Å². The number of hydrogen-bond donors (Lipinski definition) is 1. The average molecular weight is 444 g/mol. The van der Waals surface area contributed by atoms with E-state index < -0.39 is 15.9 Å². The minimum absolute atomic E-state index is 0.0724. The molecule has 0 bridgehead atoms. The zero-order valence-electron chi connectivity index (χ0n) is 17.3. The van der Waals surface area contributed by atoms with Gasteiger partial charge in [0.1, 0.15) is 0 Å². The maximum atomic E-state index is 12.6. The van der Waals surface area contributed by atoms with E-state index in [0.717, 1.165) is 22.0 Å². The van der Waals surface area contributed by atoms with Gasteiger partial charge in [-0.1, -0.05) is 43.7 Å². The molecule has 0 atom stereocenters. The molecule has 6 nitrogen and oxygen atoms in total. The Morgan fingerprint density at radius 2 is 1.87 bits per heavy atom. The van der Waals surface area contributed by atoms with E-state index in [9.17, 15) is 13.2 Å². The van der Waals surface area contributed by atoms with E-state index in [1.54, 1.807) is 12.1 Å². The fraction of sp³-hybridized carbons (Fsp3) is 0.273. The molecule has 0 aliphatic heterocycles. The number of aryl methyl sites for hydroxylation is 1. The summed E-state index contributed by atoms with van der Waals surface area (Å²) in [6.45, 7) is 2.18. The van der Waals surface area contributed by atoms with Gasteiger partial charge in [0.15, 0.2) is 5.13 Å². The number of rotatable bonds is 8. The first-order valence-corrected chi connectivity index (χ1v) is 12.0. The van der Waals surface area contributed by atoms with E-state index >= 15 is 0 Å². The zero-order chi connectivity index (χ0) is 21.7. The summed E-state index contributed by atoms with van der Waals surface area (Å²) in [7, 11) is -0.699. The van der Waals surface area contributed by atoms with Gasteiger partial charge in [-0.3, -0.25) is 10.1 Å². The van der Waals surface area contributed by atoms with Crippen LogP contribution in [-0.4, -0.2) is 37.7 Å². The lowest BCUT2D eigenvalue weighted by molar-refractivity contribution is 0.102. The zero-order valence-corrected chi connectivity index (χ0v) is 18.9. The number of benzene rings is 2. The highest BCUT2D eigenvalue weighted by atomic mass is 32.2. The van der Waals surface area contributed by atoms with E-state index in [0.29, 0.717) is 5.13 Å². The van der Waals surface area contributed by atoms with Crippen LogP contribution in [0.15, 0.2) is 58.8 Å². The molecule has 0 aliphatic carbocycles. The molecule has 0 unspecified atom stereocenters. The molecule has 0 fully saturated rings. The molecule has 0 radical (unpaired) electrons. The van der Waals surface area contributed by atoms with Crippen LogP contribution >= 0.6 is 11.3 Å². The standard InChI is InChI=1S/C22H25N3O3S2/c1-4-5-7-16-10-12-17(13-11-16)20-15-29-22(23-20)24-21(26)18-8-6-9-19(14-18)30(27,28)25(2)3/h6,8-15H,4-5,7H2,1-3H3,(H,23,24,26). The second-order valence-electron chi connectivity index (χ2n) is 7.11. The predicted octanol–water partition coefficient (Wildman–Crippen LogP) is 4.66. The van der Waals surface area contributed by atoms with E-state index in [1.165, 1.54) is 56.0 Å². The van der Waals surface area contributed by atoms with Crippen molar-refractivity contribution < 1.29 is 13.2 Å². The molecule has 0 spiro atoms. The van der Waals surface area contributed by atoms with E-state index in [4.69, 9.17) is 0 Å². The molecule has 1 heterocycles. The molecule has 0 aliphatic rings. The van der Waals surface area contributed by atoms with E-state index in [2.05, 4.69) is 29.4 Å². The van der Waals surface area contributed by atoms with Gasteiger partial charge in [-0.05, 0) is 36.6 Å². The second kappa shape index (κ2) is 9.51. The Hall–Kier alpha value is -2.55. The summed E-state index contributed by atoms with van der Waals surface area (Å²) < 4.78 is 25.7. The van der Waals surface area contributed by atoms with Gasteiger partial charge < -0.3 is 0 Å². The Morgan fingerprint density at radius 3 is 2.53 bits per heavy atom. The molecular formula is C22H25N3O3S2. The summed E-state index contributed by atoms with van der Waals surface area (Å²) in [4.78, 5) is 17.2. The molecule has 0 saturated carbocycles. The lowest BCUT2D eigenvalue weighted by atomic mass is 10.1. The van der Waals surface area contributed by atoms with Gasteiger partial charge in [0, 0.05) is 30.6 Å². The van der Waals surface area contributed by atoms with Gasteiger partial charge >= 0.3 is 0 Å². The number of sulfonamides is 1. The number of carbonyl (C=O) groups excluding carboxylic acids is 1. The summed E-state index contributed by atoms with van der Waals surface area (Å²) in [5.41, 5.74) is 3.35. The summed E-state index contributed by atoms with van der Waals surface area (Å²) in [6, 6.07) is 14.3. The first-order chi connectivity index (χ1) is 14.3. The van der Waals surface area contributed by atoms with Crippen molar-refractivity contribution in [3.63, 3.8) is 0 Å². The van der Waals surface area contributed by atoms with Gasteiger partial charge in [0.2, 0.25) is 10.0 Å². The van der Waals surface area contributed by atoms with Crippen molar-refractivity contribution >= 4 is 32.4 Å². The lowest BCUT2D eigenvalue weighted by Gasteiger charge is -2.12. The molecule has 158 valence electrons. The second-order valence-corrected chi connectivity index (χ2v) is 10.1. The van der Waals surface area contributed by atoms with Crippen molar-refractivity contribution in [3.05, 3.63) is 65.0 Å². The molecule has 2 aromatic carbocycles. The summed E-state index contributed by atoms with van der Waals surface area (Å²) >= 11 is 1.33. The minimum Gasteiger partial charge on any atom is -0.298 e. The van der Waals surface area contributed by atoms with Crippen molar-refractivity contribution in [1.29, 1.82) is 0 Å². The topological polar surface area (TPSA) is 79.4 Å². The quantitative estimate of drug-likeness (QED) is 0.549. The third-order valence-electron chi connectivity index (χ3n) is 4.67. The fourth-order valence-electron chi connectivity index (χ4n) is 2.86. The highest BCUT2D eigenvalue weighted by molar-refractivity contribution is 7.89. The molecule has 1 amide bonds. The van der Waals surface area contributed by atoms with Crippen molar-refractivity contribution in [2.45, 2.75) is 31.1 Å². The maximum Gasteiger partial charge on any atom is 0.257 e. The summed E-state index contributed by atoms with van der Waals surface area (Å²) in [6.07, 6.45) is 3.40. The number of amides is 1. The molecule has 8 heteroatoms. The van der Waals surface area contributed by atoms with Crippen LogP contribution in [0.4, 0.5) is 5.13 Å². The van der Waals surface area contributed by atoms with Crippen LogP contribution in [0.1, 0.15) is 35.7 Å². The maximum absolute atomic E-state index is 12.6. The minimum atomic E-state index is -3.61. The first kappa shape index (κ1) is 22.1. The third kappa shape index (κ3) is 5.13. The van der Waals surface area contributed by atoms with Crippen LogP contribution in [-0.2, 0) is 16.4 Å². The van der Waals surface area contributed by atoms with Gasteiger partial charge in [-0.2, -0.15) is 0 Å². The number of nitrogens with zero attached hydrogens (tertiary/aromatic N) is 2. The number of anilines is 1. The number of carbonyl (C=O) groups is 1. The molecule has 30 heavy (non-hydrogen) atoms. The molecule has 1 aromatic heterocycles. The Bertz CT molecular complexity index is 1120. The molecular weight excluding hydrogens is 418 g/mol. The van der Waals surface area contributed by atoms with Crippen molar-refractivity contribution in [3.8, 4) is 11.3 Å². The van der Waals surface area contributed by atoms with Crippen LogP contribution in [0, 0.1) is 0 Å². The largest absolute Gasteiger partial charge is 0.298 e. The average Bonchev–Trinajstić information content (AvgIpc) is 3.21. The van der Waals surface area contributed by atoms with Crippen molar-refractivity contribution in [1.82, 2.24) is 9.29 Å². The van der Waals surface area contributed by atoms with Gasteiger partial charge in [0.05, 0.1) is 10.6 Å². The molecule has 3 aromatic rings. The number of unbranched alkanes of at least 4 members (excludes halogenated alkanes) is 1. The number of nitrogens with one attached hydrogen (secondary N) is 1.